The van der Waals surface area contributed by atoms with Crippen LogP contribution in [0.25, 0.3) is 0 Å². The smallest absolute Gasteiger partial charge is 0.315 e. The van der Waals surface area contributed by atoms with E-state index >= 15 is 0 Å². The van der Waals surface area contributed by atoms with E-state index in [-0.39, 0.29) is 12.6 Å². The Morgan fingerprint density at radius 1 is 1.71 bits per heavy atom. The predicted molar refractivity (Wildman–Crippen MR) is 46.3 cm³/mol. The number of halogens is 2. The van der Waals surface area contributed by atoms with Crippen LogP contribution in [-0.4, -0.2) is 56.6 Å². The lowest BCUT2D eigenvalue weighted by Crippen LogP contribution is -2.46. The molecule has 6 heteroatoms. The van der Waals surface area contributed by atoms with Crippen molar-refractivity contribution < 1.29 is 18.3 Å². The maximum Gasteiger partial charge on any atom is 0.315 e. The third kappa shape index (κ3) is 3.55. The maximum absolute atomic E-state index is 11.8. The molecule has 1 saturated heterocycles. The lowest BCUT2D eigenvalue weighted by molar-refractivity contribution is -0.132. The Hall–Kier alpha value is -0.750. The standard InChI is InChI=1S/C8H14F2N2O2/c1-12-2-3-14-6(5-12)4-11-8(13)7(9)10/h6-7H,2-5H2,1H3,(H,11,13). The molecule has 0 spiro atoms. The molecule has 1 aliphatic rings. The SMILES string of the molecule is CN1CCOC(CNC(=O)C(F)F)C1. The number of amides is 1. The molecule has 0 saturated carbocycles. The molecule has 1 aliphatic heterocycles. The molecule has 1 amide bonds. The Bertz CT molecular complexity index is 202. The zero-order chi connectivity index (χ0) is 10.6. The fraction of sp³-hybridized carbons (Fsp3) is 0.875. The van der Waals surface area contributed by atoms with Gasteiger partial charge in [0.05, 0.1) is 12.7 Å². The third-order valence-corrected chi connectivity index (χ3v) is 2.04. The molecule has 0 aromatic carbocycles. The largest absolute Gasteiger partial charge is 0.374 e. The zero-order valence-electron chi connectivity index (χ0n) is 8.00. The number of nitrogens with one attached hydrogen (secondary N) is 1. The van der Waals surface area contributed by atoms with Gasteiger partial charge >= 0.3 is 6.43 Å². The molecule has 1 rings (SSSR count). The first-order valence-corrected chi connectivity index (χ1v) is 4.45. The Balaban J connectivity index is 2.20. The molecule has 4 nitrogen and oxygen atoms in total. The summed E-state index contributed by atoms with van der Waals surface area (Å²) in [6, 6.07) is 0. The first-order chi connectivity index (χ1) is 6.59. The fourth-order valence-electron chi connectivity index (χ4n) is 1.28. The number of hydrogen-bond acceptors (Lipinski definition) is 3. The quantitative estimate of drug-likeness (QED) is 0.692. The van der Waals surface area contributed by atoms with Crippen molar-refractivity contribution in [3.05, 3.63) is 0 Å². The summed E-state index contributed by atoms with van der Waals surface area (Å²) in [7, 11) is 1.92. The number of alkyl halides is 2. The second-order valence-corrected chi connectivity index (χ2v) is 3.30. The normalized spacial score (nSPS) is 23.9. The number of likely N-dealkylation sites (N-methyl/N-ethyl adjacent to an activating group) is 1. The van der Waals surface area contributed by atoms with Crippen LogP contribution in [0, 0.1) is 0 Å². The minimum Gasteiger partial charge on any atom is -0.374 e. The van der Waals surface area contributed by atoms with Gasteiger partial charge in [-0.3, -0.25) is 4.79 Å². The molecule has 14 heavy (non-hydrogen) atoms. The van der Waals surface area contributed by atoms with Crippen molar-refractivity contribution in [3.63, 3.8) is 0 Å². The topological polar surface area (TPSA) is 41.6 Å². The van der Waals surface area contributed by atoms with Gasteiger partial charge in [0, 0.05) is 19.6 Å². The van der Waals surface area contributed by atoms with E-state index in [1.165, 1.54) is 0 Å². The van der Waals surface area contributed by atoms with Gasteiger partial charge < -0.3 is 15.0 Å². The van der Waals surface area contributed by atoms with E-state index in [0.29, 0.717) is 13.2 Å². The molecule has 0 radical (unpaired) electrons. The number of rotatable bonds is 3. The Morgan fingerprint density at radius 3 is 3.00 bits per heavy atom. The molecule has 1 unspecified atom stereocenters. The van der Waals surface area contributed by atoms with Crippen LogP contribution in [0.2, 0.25) is 0 Å². The van der Waals surface area contributed by atoms with Crippen LogP contribution in [0.1, 0.15) is 0 Å². The van der Waals surface area contributed by atoms with Crippen molar-refractivity contribution in [1.82, 2.24) is 10.2 Å². The molecule has 0 aliphatic carbocycles. The summed E-state index contributed by atoms with van der Waals surface area (Å²) < 4.78 is 28.9. The number of morpholine rings is 1. The van der Waals surface area contributed by atoms with Crippen molar-refractivity contribution in [2.24, 2.45) is 0 Å². The number of ether oxygens (including phenoxy) is 1. The van der Waals surface area contributed by atoms with Crippen molar-refractivity contribution in [3.8, 4) is 0 Å². The van der Waals surface area contributed by atoms with Crippen LogP contribution in [-0.2, 0) is 9.53 Å². The van der Waals surface area contributed by atoms with E-state index in [4.69, 9.17) is 4.74 Å². The minimum absolute atomic E-state index is 0.146. The molecule has 1 heterocycles. The van der Waals surface area contributed by atoms with Gasteiger partial charge in [-0.15, -0.1) is 0 Å². The fourth-order valence-corrected chi connectivity index (χ4v) is 1.28. The molecule has 0 bridgehead atoms. The van der Waals surface area contributed by atoms with Crippen molar-refractivity contribution in [1.29, 1.82) is 0 Å². The highest BCUT2D eigenvalue weighted by Crippen LogP contribution is 2.01. The number of nitrogens with zero attached hydrogens (tertiary/aromatic N) is 1. The van der Waals surface area contributed by atoms with E-state index in [1.807, 2.05) is 11.9 Å². The molecular formula is C8H14F2N2O2. The average Bonchev–Trinajstić information content (AvgIpc) is 2.14. The van der Waals surface area contributed by atoms with Gasteiger partial charge in [0.2, 0.25) is 0 Å². The maximum atomic E-state index is 11.8. The molecule has 1 N–H and O–H groups in total. The lowest BCUT2D eigenvalue weighted by Gasteiger charge is -2.29. The second-order valence-electron chi connectivity index (χ2n) is 3.30. The zero-order valence-corrected chi connectivity index (χ0v) is 8.00. The predicted octanol–water partition coefficient (Wildman–Crippen LogP) is -0.302. The van der Waals surface area contributed by atoms with Gasteiger partial charge in [-0.1, -0.05) is 0 Å². The van der Waals surface area contributed by atoms with Crippen molar-refractivity contribution in [2.45, 2.75) is 12.5 Å². The molecule has 1 fully saturated rings. The first kappa shape index (κ1) is 11.3. The average molecular weight is 208 g/mol. The van der Waals surface area contributed by atoms with Gasteiger partial charge in [0.25, 0.3) is 5.91 Å². The molecular weight excluding hydrogens is 194 g/mol. The summed E-state index contributed by atoms with van der Waals surface area (Å²) >= 11 is 0. The van der Waals surface area contributed by atoms with Crippen molar-refractivity contribution >= 4 is 5.91 Å². The number of hydrogen-bond donors (Lipinski definition) is 1. The van der Waals surface area contributed by atoms with E-state index < -0.39 is 12.3 Å². The van der Waals surface area contributed by atoms with Crippen LogP contribution in [0.3, 0.4) is 0 Å². The summed E-state index contributed by atoms with van der Waals surface area (Å²) in [6.07, 6.45) is -3.13. The summed E-state index contributed by atoms with van der Waals surface area (Å²) in [5.74, 6) is -1.23. The second kappa shape index (κ2) is 5.21. The van der Waals surface area contributed by atoms with E-state index in [1.54, 1.807) is 0 Å². The lowest BCUT2D eigenvalue weighted by atomic mass is 10.3. The van der Waals surface area contributed by atoms with Crippen LogP contribution in [0.15, 0.2) is 0 Å². The molecule has 1 atom stereocenters. The van der Waals surface area contributed by atoms with Crippen LogP contribution in [0.4, 0.5) is 8.78 Å². The van der Waals surface area contributed by atoms with E-state index in [0.717, 1.165) is 6.54 Å². The molecule has 82 valence electrons. The van der Waals surface area contributed by atoms with Gasteiger partial charge in [-0.25, -0.2) is 0 Å². The highest BCUT2D eigenvalue weighted by Gasteiger charge is 2.20. The third-order valence-electron chi connectivity index (χ3n) is 2.04. The summed E-state index contributed by atoms with van der Waals surface area (Å²) in [6.45, 7) is 2.21. The summed E-state index contributed by atoms with van der Waals surface area (Å²) in [5.41, 5.74) is 0. The number of carbonyl (C=O) groups excluding carboxylic acids is 1. The van der Waals surface area contributed by atoms with Crippen LogP contribution >= 0.6 is 0 Å². The van der Waals surface area contributed by atoms with E-state index in [9.17, 15) is 13.6 Å². The Kier molecular flexibility index (Phi) is 4.21. The first-order valence-electron chi connectivity index (χ1n) is 4.45. The number of carbonyl (C=O) groups is 1. The van der Waals surface area contributed by atoms with Crippen molar-refractivity contribution in [2.75, 3.05) is 33.3 Å². The highest BCUT2D eigenvalue weighted by atomic mass is 19.3. The van der Waals surface area contributed by atoms with Crippen LogP contribution < -0.4 is 5.32 Å². The summed E-state index contributed by atoms with van der Waals surface area (Å²) in [5, 5.41) is 2.13. The van der Waals surface area contributed by atoms with Gasteiger partial charge in [-0.05, 0) is 7.05 Å². The van der Waals surface area contributed by atoms with Gasteiger partial charge in [0.15, 0.2) is 0 Å². The van der Waals surface area contributed by atoms with Gasteiger partial charge in [-0.2, -0.15) is 8.78 Å². The Labute approximate surface area is 81.2 Å². The molecule has 0 aromatic heterocycles. The van der Waals surface area contributed by atoms with Gasteiger partial charge in [0.1, 0.15) is 0 Å². The van der Waals surface area contributed by atoms with E-state index in [2.05, 4.69) is 5.32 Å². The Morgan fingerprint density at radius 2 is 2.43 bits per heavy atom. The van der Waals surface area contributed by atoms with Crippen LogP contribution in [0.5, 0.6) is 0 Å². The highest BCUT2D eigenvalue weighted by molar-refractivity contribution is 5.79. The molecule has 0 aromatic rings. The monoisotopic (exact) mass is 208 g/mol. The minimum atomic E-state index is -2.95. The summed E-state index contributed by atoms with van der Waals surface area (Å²) in [4.78, 5) is 12.6.